The lowest BCUT2D eigenvalue weighted by molar-refractivity contribution is -0.417. The summed E-state index contributed by atoms with van der Waals surface area (Å²) in [7, 11) is 1.52. The number of aliphatic hydroxyl groups is 1. The van der Waals surface area contributed by atoms with Crippen molar-refractivity contribution in [3.63, 3.8) is 0 Å². The van der Waals surface area contributed by atoms with Gasteiger partial charge in [-0.05, 0) is 65.4 Å². The molecule has 0 aromatic heterocycles. The maximum atomic E-state index is 12.5. The van der Waals surface area contributed by atoms with E-state index >= 15 is 0 Å². The smallest absolute Gasteiger partial charge is 0.302 e. The van der Waals surface area contributed by atoms with Gasteiger partial charge in [0.2, 0.25) is 5.79 Å². The van der Waals surface area contributed by atoms with Crippen molar-refractivity contribution in [2.24, 2.45) is 0 Å². The van der Waals surface area contributed by atoms with Crippen molar-refractivity contribution < 1.29 is 43.1 Å². The van der Waals surface area contributed by atoms with E-state index in [1.54, 1.807) is 6.07 Å². The van der Waals surface area contributed by atoms with E-state index in [4.69, 9.17) is 44.8 Å². The predicted molar refractivity (Wildman–Crippen MR) is 213 cm³/mol. The van der Waals surface area contributed by atoms with Crippen LogP contribution in [-0.4, -0.2) is 61.9 Å². The van der Waals surface area contributed by atoms with Gasteiger partial charge in [-0.3, -0.25) is 4.79 Å². The lowest BCUT2D eigenvalue weighted by Gasteiger charge is -2.56. The first-order valence-corrected chi connectivity index (χ1v) is 19.1. The van der Waals surface area contributed by atoms with Gasteiger partial charge in [0.05, 0.1) is 33.0 Å². The molecule has 6 rings (SSSR count). The summed E-state index contributed by atoms with van der Waals surface area (Å²) in [4.78, 5) is 12.5. The Labute approximate surface area is 334 Å². The highest BCUT2D eigenvalue weighted by molar-refractivity contribution is 6.31. The van der Waals surface area contributed by atoms with Crippen molar-refractivity contribution in [2.45, 2.75) is 69.8 Å². The van der Waals surface area contributed by atoms with Crippen molar-refractivity contribution >= 4 is 17.6 Å². The van der Waals surface area contributed by atoms with Gasteiger partial charge >= 0.3 is 5.97 Å². The lowest BCUT2D eigenvalue weighted by atomic mass is 9.80. The molecule has 1 fully saturated rings. The molecule has 294 valence electrons. The van der Waals surface area contributed by atoms with E-state index in [1.807, 2.05) is 134 Å². The Morgan fingerprint density at radius 2 is 1.29 bits per heavy atom. The Morgan fingerprint density at radius 3 is 1.80 bits per heavy atom. The molecule has 1 N–H and O–H groups in total. The Kier molecular flexibility index (Phi) is 14.3. The van der Waals surface area contributed by atoms with E-state index in [2.05, 4.69) is 0 Å². The summed E-state index contributed by atoms with van der Waals surface area (Å²) >= 11 is 6.89. The number of methoxy groups -OCH3 is 1. The van der Waals surface area contributed by atoms with Gasteiger partial charge in [0.25, 0.3) is 0 Å². The third-order valence-electron chi connectivity index (χ3n) is 9.84. The summed E-state index contributed by atoms with van der Waals surface area (Å²) in [6, 6.07) is 42.6. The number of ether oxygens (including phenoxy) is 7. The number of benzene rings is 5. The van der Waals surface area contributed by atoms with Gasteiger partial charge in [-0.2, -0.15) is 0 Å². The van der Waals surface area contributed by atoms with Crippen LogP contribution in [-0.2, 0) is 65.2 Å². The van der Waals surface area contributed by atoms with Crippen LogP contribution in [0.4, 0.5) is 0 Å². The number of hydrogen-bond donors (Lipinski definition) is 1. The van der Waals surface area contributed by atoms with Crippen molar-refractivity contribution in [1.82, 2.24) is 0 Å². The van der Waals surface area contributed by atoms with E-state index in [1.165, 1.54) is 14.0 Å². The quantitative estimate of drug-likeness (QED) is 0.0882. The van der Waals surface area contributed by atoms with E-state index in [0.29, 0.717) is 23.6 Å². The van der Waals surface area contributed by atoms with Crippen LogP contribution in [0.1, 0.15) is 47.2 Å². The second kappa shape index (κ2) is 19.5. The maximum absolute atomic E-state index is 12.5. The molecule has 9 nitrogen and oxygen atoms in total. The van der Waals surface area contributed by atoms with Gasteiger partial charge in [0.1, 0.15) is 30.7 Å². The summed E-state index contributed by atoms with van der Waals surface area (Å²) in [6.45, 7) is 3.31. The zero-order chi connectivity index (χ0) is 39.4. The molecular formula is C46H49ClO9. The molecule has 1 aliphatic rings. The van der Waals surface area contributed by atoms with Crippen molar-refractivity contribution in [1.29, 1.82) is 0 Å². The molecule has 1 saturated heterocycles. The van der Waals surface area contributed by atoms with Gasteiger partial charge in [-0.15, -0.1) is 0 Å². The summed E-state index contributed by atoms with van der Waals surface area (Å²) in [5.74, 6) is -1.52. The molecule has 5 atom stereocenters. The van der Waals surface area contributed by atoms with Crippen LogP contribution in [0.2, 0.25) is 5.02 Å². The molecule has 10 heteroatoms. The van der Waals surface area contributed by atoms with Crippen LogP contribution in [0, 0.1) is 0 Å². The summed E-state index contributed by atoms with van der Waals surface area (Å²) < 4.78 is 45.5. The second-order valence-corrected chi connectivity index (χ2v) is 14.1. The maximum Gasteiger partial charge on any atom is 0.302 e. The highest BCUT2D eigenvalue weighted by Crippen LogP contribution is 2.48. The minimum absolute atomic E-state index is 0.139. The van der Waals surface area contributed by atoms with Crippen LogP contribution in [0.25, 0.3) is 0 Å². The van der Waals surface area contributed by atoms with Crippen LogP contribution in [0.3, 0.4) is 0 Å². The fourth-order valence-electron chi connectivity index (χ4n) is 7.02. The Hall–Kier alpha value is -4.58. The van der Waals surface area contributed by atoms with Crippen LogP contribution >= 0.6 is 11.6 Å². The monoisotopic (exact) mass is 780 g/mol. The molecule has 0 spiro atoms. The zero-order valence-electron chi connectivity index (χ0n) is 32.0. The van der Waals surface area contributed by atoms with Crippen molar-refractivity contribution in [3.8, 4) is 5.75 Å². The van der Waals surface area contributed by atoms with Gasteiger partial charge in [-0.25, -0.2) is 0 Å². The molecule has 5 aromatic carbocycles. The van der Waals surface area contributed by atoms with Gasteiger partial charge in [0.15, 0.2) is 5.60 Å². The van der Waals surface area contributed by atoms with Gasteiger partial charge in [0, 0.05) is 24.6 Å². The Bertz CT molecular complexity index is 1960. The minimum Gasteiger partial charge on any atom is -0.494 e. The van der Waals surface area contributed by atoms with E-state index in [0.717, 1.165) is 33.6 Å². The third kappa shape index (κ3) is 9.86. The summed E-state index contributed by atoms with van der Waals surface area (Å²) in [5.41, 5.74) is 3.37. The Morgan fingerprint density at radius 1 is 0.732 bits per heavy atom. The van der Waals surface area contributed by atoms with E-state index < -0.39 is 42.3 Å². The van der Waals surface area contributed by atoms with Crippen LogP contribution in [0.5, 0.6) is 5.75 Å². The number of esters is 1. The molecule has 0 amide bonds. The molecule has 0 aliphatic carbocycles. The number of carbonyl (C=O) groups is 1. The molecule has 0 bridgehead atoms. The number of halogens is 1. The average molecular weight is 781 g/mol. The van der Waals surface area contributed by atoms with Crippen molar-refractivity contribution in [2.75, 3.05) is 26.9 Å². The van der Waals surface area contributed by atoms with Gasteiger partial charge < -0.3 is 38.3 Å². The number of rotatable bonds is 18. The predicted octanol–water partition coefficient (Wildman–Crippen LogP) is 8.21. The van der Waals surface area contributed by atoms with Crippen molar-refractivity contribution in [3.05, 3.63) is 172 Å². The first kappa shape index (κ1) is 41.1. The molecular weight excluding hydrogens is 732 g/mol. The largest absolute Gasteiger partial charge is 0.494 e. The molecule has 0 unspecified atom stereocenters. The molecule has 1 heterocycles. The normalized spacial score (nSPS) is 22.1. The lowest BCUT2D eigenvalue weighted by Crippen LogP contribution is -2.73. The fraction of sp³-hybridized carbons (Fsp3) is 0.326. The average Bonchev–Trinajstić information content (AvgIpc) is 3.23. The second-order valence-electron chi connectivity index (χ2n) is 13.7. The SMILES string of the molecule is CCOc1ccc(Cc2cc([C@]3(OC)O[C@](CO)(COC(C)=O)[C@@H](OCc4ccccc4)[C@H](OCc4ccccc4)[C@H]3OCc3ccccc3)ccc2Cl)cc1. The number of hydrogen-bond acceptors (Lipinski definition) is 9. The van der Waals surface area contributed by atoms with E-state index in [9.17, 15) is 9.90 Å². The number of carbonyl (C=O) groups excluding carboxylic acids is 1. The standard InChI is InChI=1S/C46H49ClO9/c1-4-51-40-23-20-34(21-24-40)26-38-27-39(22-25-41(38)47)46(50-3)44(54-30-37-18-12-7-13-19-37)42(52-28-35-14-8-5-9-15-35)43(53-29-36-16-10-6-11-17-36)45(31-48,56-46)32-55-33(2)49/h5-25,27,42-44,48H,4,26,28-32H2,1-3H3/t42-,43-,44+,45+,46-/m0/s1. The highest BCUT2D eigenvalue weighted by atomic mass is 35.5. The molecule has 0 radical (unpaired) electrons. The molecule has 56 heavy (non-hydrogen) atoms. The summed E-state index contributed by atoms with van der Waals surface area (Å²) in [5, 5.41) is 12.0. The Balaban J connectivity index is 1.49. The van der Waals surface area contributed by atoms with Crippen LogP contribution < -0.4 is 4.74 Å². The minimum atomic E-state index is -1.75. The van der Waals surface area contributed by atoms with Crippen LogP contribution in [0.15, 0.2) is 133 Å². The molecule has 5 aromatic rings. The van der Waals surface area contributed by atoms with Gasteiger partial charge in [-0.1, -0.05) is 121 Å². The first-order valence-electron chi connectivity index (χ1n) is 18.8. The topological polar surface area (TPSA) is 102 Å². The fourth-order valence-corrected chi connectivity index (χ4v) is 7.21. The first-order chi connectivity index (χ1) is 27.3. The zero-order valence-corrected chi connectivity index (χ0v) is 32.7. The molecule has 1 aliphatic heterocycles. The number of aliphatic hydroxyl groups excluding tert-OH is 1. The van der Waals surface area contributed by atoms with E-state index in [-0.39, 0.29) is 26.4 Å². The highest BCUT2D eigenvalue weighted by Gasteiger charge is 2.65. The molecule has 0 saturated carbocycles. The third-order valence-corrected chi connectivity index (χ3v) is 10.2. The summed E-state index contributed by atoms with van der Waals surface area (Å²) in [6.07, 6.45) is -2.50.